The monoisotopic (exact) mass is 427 g/mol. The topological polar surface area (TPSA) is 71.5 Å². The Morgan fingerprint density at radius 1 is 1.16 bits per heavy atom. The van der Waals surface area contributed by atoms with Gasteiger partial charge in [-0.1, -0.05) is 29.8 Å². The van der Waals surface area contributed by atoms with E-state index in [0.29, 0.717) is 18.2 Å². The number of fused-ring (bicyclic) bond motifs is 1. The van der Waals surface area contributed by atoms with Crippen LogP contribution in [0.15, 0.2) is 49.2 Å². The zero-order valence-electron chi connectivity index (χ0n) is 17.9. The van der Waals surface area contributed by atoms with Gasteiger partial charge in [0.25, 0.3) is 0 Å². The quantitative estimate of drug-likeness (QED) is 0.586. The van der Waals surface area contributed by atoms with E-state index in [4.69, 9.17) is 6.57 Å². The summed E-state index contributed by atoms with van der Waals surface area (Å²) in [4.78, 5) is 29.2. The first-order chi connectivity index (χ1) is 15.7. The minimum absolute atomic E-state index is 0.146. The molecule has 1 atom stereocenters. The summed E-state index contributed by atoms with van der Waals surface area (Å²) in [5.41, 5.74) is 4.30. The van der Waals surface area contributed by atoms with Gasteiger partial charge in [-0.05, 0) is 36.0 Å². The van der Waals surface area contributed by atoms with E-state index in [2.05, 4.69) is 30.9 Å². The zero-order valence-corrected chi connectivity index (χ0v) is 17.9. The van der Waals surface area contributed by atoms with Crippen LogP contribution in [-0.4, -0.2) is 68.2 Å². The minimum Gasteiger partial charge on any atom is -0.340 e. The summed E-state index contributed by atoms with van der Waals surface area (Å²) in [6, 6.07) is 9.90. The molecule has 2 aliphatic rings. The highest BCUT2D eigenvalue weighted by atomic mass is 16.2. The molecule has 0 saturated carbocycles. The largest absolute Gasteiger partial charge is 0.340 e. The van der Waals surface area contributed by atoms with Crippen LogP contribution in [0.5, 0.6) is 0 Å². The third-order valence-electron chi connectivity index (χ3n) is 6.51. The van der Waals surface area contributed by atoms with Crippen molar-refractivity contribution in [3.05, 3.63) is 77.3 Å². The van der Waals surface area contributed by atoms with E-state index in [1.54, 1.807) is 17.2 Å². The number of rotatable bonds is 5. The predicted octanol–water partition coefficient (Wildman–Crippen LogP) is 2.63. The number of nitrogens with zero attached hydrogens (tertiary/aromatic N) is 7. The van der Waals surface area contributed by atoms with E-state index in [9.17, 15) is 4.79 Å². The van der Waals surface area contributed by atoms with Crippen molar-refractivity contribution >= 4 is 11.6 Å². The van der Waals surface area contributed by atoms with Crippen LogP contribution in [-0.2, 0) is 17.6 Å². The molecule has 1 aliphatic heterocycles. The molecule has 1 fully saturated rings. The maximum absolute atomic E-state index is 12.8. The Hall–Kier alpha value is -3.57. The number of benzene rings is 1. The second kappa shape index (κ2) is 8.89. The van der Waals surface area contributed by atoms with Crippen LogP contribution in [0.2, 0.25) is 0 Å². The number of hydrogen-bond acceptors (Lipinski definition) is 5. The standard InChI is InChI=1S/C24H25N7O/c1-25-22-4-2-3-20-19(6-7-21(20)22)15-29-9-11-30(12-10-29)24(32)13-18-5-8-23(27-14-18)31-17-26-16-28-31/h2-5,8,14,16-17,19H,6-7,9-13,15H2. The average molecular weight is 428 g/mol. The molecule has 32 heavy (non-hydrogen) atoms. The molecule has 0 bridgehead atoms. The summed E-state index contributed by atoms with van der Waals surface area (Å²) in [6.07, 6.45) is 7.27. The van der Waals surface area contributed by atoms with Gasteiger partial charge in [-0.2, -0.15) is 5.10 Å². The van der Waals surface area contributed by atoms with Gasteiger partial charge in [-0.15, -0.1) is 0 Å². The average Bonchev–Trinajstić information content (AvgIpc) is 3.51. The molecule has 0 spiro atoms. The lowest BCUT2D eigenvalue weighted by Gasteiger charge is -2.36. The Bertz CT molecular complexity index is 1130. The second-order valence-corrected chi connectivity index (χ2v) is 8.42. The highest BCUT2D eigenvalue weighted by Gasteiger charge is 2.28. The van der Waals surface area contributed by atoms with E-state index < -0.39 is 0 Å². The van der Waals surface area contributed by atoms with Gasteiger partial charge < -0.3 is 4.90 Å². The molecule has 1 aliphatic carbocycles. The number of carbonyl (C=O) groups excluding carboxylic acids is 1. The van der Waals surface area contributed by atoms with Crippen molar-refractivity contribution in [2.75, 3.05) is 32.7 Å². The molecule has 3 heterocycles. The highest BCUT2D eigenvalue weighted by molar-refractivity contribution is 5.78. The number of carbonyl (C=O) groups is 1. The molecule has 2 aromatic heterocycles. The van der Waals surface area contributed by atoms with Crippen molar-refractivity contribution in [2.24, 2.45) is 0 Å². The van der Waals surface area contributed by atoms with Gasteiger partial charge in [0, 0.05) is 38.9 Å². The van der Waals surface area contributed by atoms with Crippen molar-refractivity contribution < 1.29 is 4.79 Å². The normalized spacial score (nSPS) is 18.3. The van der Waals surface area contributed by atoms with Crippen molar-refractivity contribution in [2.45, 2.75) is 25.2 Å². The van der Waals surface area contributed by atoms with Crippen molar-refractivity contribution in [3.8, 4) is 5.82 Å². The maximum Gasteiger partial charge on any atom is 0.227 e. The van der Waals surface area contributed by atoms with Crippen molar-refractivity contribution in [1.82, 2.24) is 29.5 Å². The van der Waals surface area contributed by atoms with E-state index >= 15 is 0 Å². The smallest absolute Gasteiger partial charge is 0.227 e. The van der Waals surface area contributed by atoms with Crippen LogP contribution >= 0.6 is 0 Å². The van der Waals surface area contributed by atoms with Crippen molar-refractivity contribution in [1.29, 1.82) is 0 Å². The van der Waals surface area contributed by atoms with Crippen molar-refractivity contribution in [3.63, 3.8) is 0 Å². The van der Waals surface area contributed by atoms with E-state index in [1.165, 1.54) is 17.5 Å². The van der Waals surface area contributed by atoms with Gasteiger partial charge in [-0.25, -0.2) is 19.5 Å². The first-order valence-corrected chi connectivity index (χ1v) is 11.0. The molecule has 0 N–H and O–H groups in total. The molecule has 8 heteroatoms. The molecule has 1 amide bonds. The molecular formula is C24H25N7O. The fourth-order valence-electron chi connectivity index (χ4n) is 4.78. The molecule has 8 nitrogen and oxygen atoms in total. The Balaban J connectivity index is 1.13. The highest BCUT2D eigenvalue weighted by Crippen LogP contribution is 2.38. The SMILES string of the molecule is [C-]#[N+]c1cccc2c1CCC2CN1CCN(C(=O)Cc2ccc(-n3cncn3)nc2)CC1. The molecule has 162 valence electrons. The van der Waals surface area contributed by atoms with Crippen LogP contribution in [0.1, 0.15) is 29.0 Å². The van der Waals surface area contributed by atoms with Crippen LogP contribution in [0, 0.1) is 6.57 Å². The van der Waals surface area contributed by atoms with Crippen LogP contribution < -0.4 is 0 Å². The third-order valence-corrected chi connectivity index (χ3v) is 6.51. The molecule has 0 radical (unpaired) electrons. The molecule has 1 aromatic carbocycles. The van der Waals surface area contributed by atoms with Gasteiger partial charge in [-0.3, -0.25) is 9.69 Å². The summed E-state index contributed by atoms with van der Waals surface area (Å²) in [5, 5.41) is 4.07. The number of pyridine rings is 1. The van der Waals surface area contributed by atoms with E-state index in [1.807, 2.05) is 29.2 Å². The molecule has 3 aromatic rings. The van der Waals surface area contributed by atoms with Crippen LogP contribution in [0.3, 0.4) is 0 Å². The Kier molecular flexibility index (Phi) is 5.65. The number of piperazine rings is 1. The summed E-state index contributed by atoms with van der Waals surface area (Å²) in [7, 11) is 0. The maximum atomic E-state index is 12.8. The van der Waals surface area contributed by atoms with E-state index in [-0.39, 0.29) is 5.91 Å². The molecule has 1 unspecified atom stereocenters. The lowest BCUT2D eigenvalue weighted by Crippen LogP contribution is -2.49. The summed E-state index contributed by atoms with van der Waals surface area (Å²) in [5.74, 6) is 1.32. The van der Waals surface area contributed by atoms with E-state index in [0.717, 1.165) is 56.8 Å². The summed E-state index contributed by atoms with van der Waals surface area (Å²) < 4.78 is 1.59. The minimum atomic E-state index is 0.146. The van der Waals surface area contributed by atoms with Gasteiger partial charge in [0.05, 0.1) is 13.0 Å². The Morgan fingerprint density at radius 2 is 2.03 bits per heavy atom. The predicted molar refractivity (Wildman–Crippen MR) is 120 cm³/mol. The first kappa shape index (κ1) is 20.3. The third kappa shape index (κ3) is 4.12. The Labute approximate surface area is 187 Å². The van der Waals surface area contributed by atoms with Gasteiger partial charge in [0.1, 0.15) is 12.7 Å². The van der Waals surface area contributed by atoms with Crippen LogP contribution in [0.4, 0.5) is 5.69 Å². The van der Waals surface area contributed by atoms with Gasteiger partial charge >= 0.3 is 0 Å². The number of aromatic nitrogens is 4. The summed E-state index contributed by atoms with van der Waals surface area (Å²) in [6.45, 7) is 11.7. The van der Waals surface area contributed by atoms with Gasteiger partial charge in [0.2, 0.25) is 5.91 Å². The molecule has 1 saturated heterocycles. The fourth-order valence-corrected chi connectivity index (χ4v) is 4.78. The lowest BCUT2D eigenvalue weighted by molar-refractivity contribution is -0.132. The summed E-state index contributed by atoms with van der Waals surface area (Å²) >= 11 is 0. The first-order valence-electron chi connectivity index (χ1n) is 11.0. The zero-order chi connectivity index (χ0) is 21.9. The molecule has 5 rings (SSSR count). The fraction of sp³-hybridized carbons (Fsp3) is 0.375. The lowest BCUT2D eigenvalue weighted by atomic mass is 9.99. The second-order valence-electron chi connectivity index (χ2n) is 8.42. The number of amides is 1. The van der Waals surface area contributed by atoms with Gasteiger partial charge in [0.15, 0.2) is 11.5 Å². The van der Waals surface area contributed by atoms with Crippen LogP contribution in [0.25, 0.3) is 10.7 Å². The Morgan fingerprint density at radius 3 is 2.75 bits per heavy atom. The molecular weight excluding hydrogens is 402 g/mol. The number of hydrogen-bond donors (Lipinski definition) is 0.